The van der Waals surface area contributed by atoms with Crippen molar-refractivity contribution >= 4 is 17.3 Å². The molecule has 1 aliphatic heterocycles. The number of benzene rings is 2. The summed E-state index contributed by atoms with van der Waals surface area (Å²) < 4.78 is 30.0. The summed E-state index contributed by atoms with van der Waals surface area (Å²) in [6.07, 6.45) is 0.838. The third-order valence-corrected chi connectivity index (χ3v) is 5.14. The molecule has 2 aromatic carbocycles. The number of nitrogens with one attached hydrogen (secondary N) is 1. The summed E-state index contributed by atoms with van der Waals surface area (Å²) in [4.78, 5) is 2.10. The van der Waals surface area contributed by atoms with Crippen LogP contribution >= 0.6 is 12.2 Å². The van der Waals surface area contributed by atoms with Gasteiger partial charge in [0.15, 0.2) is 16.6 Å². The zero-order chi connectivity index (χ0) is 19.4. The Morgan fingerprint density at radius 3 is 2.48 bits per heavy atom. The number of nitrogens with zero attached hydrogens (tertiary/aromatic N) is 1. The number of fused-ring (bicyclic) bond motifs is 1. The molecule has 0 fully saturated rings. The molecule has 0 amide bonds. The van der Waals surface area contributed by atoms with Crippen LogP contribution in [0.5, 0.6) is 17.2 Å². The van der Waals surface area contributed by atoms with Crippen LogP contribution in [0.3, 0.4) is 0 Å². The third-order valence-electron chi connectivity index (χ3n) is 4.70. The van der Waals surface area contributed by atoms with Gasteiger partial charge in [0.05, 0.1) is 20.3 Å². The molecule has 0 aromatic heterocycles. The highest BCUT2D eigenvalue weighted by Crippen LogP contribution is 2.38. The van der Waals surface area contributed by atoms with Gasteiger partial charge in [-0.2, -0.15) is 0 Å². The van der Waals surface area contributed by atoms with Crippen molar-refractivity contribution in [2.45, 2.75) is 12.5 Å². The normalized spacial score (nSPS) is 15.7. The molecule has 1 atom stereocenters. The topological polar surface area (TPSA) is 43.0 Å². The lowest BCUT2D eigenvalue weighted by Gasteiger charge is -2.38. The molecule has 0 unspecified atom stereocenters. The van der Waals surface area contributed by atoms with E-state index in [2.05, 4.69) is 10.2 Å². The molecule has 0 saturated heterocycles. The van der Waals surface area contributed by atoms with Crippen molar-refractivity contribution in [2.24, 2.45) is 0 Å². The smallest absolute Gasteiger partial charge is 0.169 e. The molecule has 3 rings (SSSR count). The first-order valence-corrected chi connectivity index (χ1v) is 9.09. The van der Waals surface area contributed by atoms with Crippen molar-refractivity contribution in [3.8, 4) is 17.2 Å². The van der Waals surface area contributed by atoms with Crippen LogP contribution in [0, 0.1) is 5.82 Å². The minimum atomic E-state index is -0.291. The van der Waals surface area contributed by atoms with Gasteiger partial charge in [0.25, 0.3) is 0 Å². The van der Waals surface area contributed by atoms with Crippen LogP contribution in [-0.2, 0) is 6.42 Å². The standard InChI is InChI=1S/C20H23FN2O3S/c1-22-20(27)23-9-8-13-10-18(24-2)19(25-3)11-16(13)17(23)12-26-15-6-4-14(21)5-7-15/h4-7,10-11,17H,8-9,12H2,1-3H3,(H,22,27)/t17-/m0/s1. The average Bonchev–Trinajstić information content (AvgIpc) is 2.71. The maximum absolute atomic E-state index is 13.1. The summed E-state index contributed by atoms with van der Waals surface area (Å²) in [5.74, 6) is 1.69. The predicted molar refractivity (Wildman–Crippen MR) is 106 cm³/mol. The van der Waals surface area contributed by atoms with E-state index in [1.165, 1.54) is 17.7 Å². The summed E-state index contributed by atoms with van der Waals surface area (Å²) in [5.41, 5.74) is 2.26. The molecule has 0 aliphatic carbocycles. The van der Waals surface area contributed by atoms with Gasteiger partial charge in [0, 0.05) is 13.6 Å². The number of halogens is 1. The molecule has 5 nitrogen and oxygen atoms in total. The largest absolute Gasteiger partial charge is 0.493 e. The Labute approximate surface area is 164 Å². The monoisotopic (exact) mass is 390 g/mol. The zero-order valence-electron chi connectivity index (χ0n) is 15.6. The summed E-state index contributed by atoms with van der Waals surface area (Å²) in [5, 5.41) is 3.70. The van der Waals surface area contributed by atoms with E-state index in [9.17, 15) is 4.39 Å². The third kappa shape index (κ3) is 4.08. The van der Waals surface area contributed by atoms with E-state index in [0.717, 1.165) is 18.5 Å². The van der Waals surface area contributed by atoms with Gasteiger partial charge in [0.1, 0.15) is 18.2 Å². The number of rotatable bonds is 5. The van der Waals surface area contributed by atoms with Gasteiger partial charge < -0.3 is 24.4 Å². The van der Waals surface area contributed by atoms with E-state index >= 15 is 0 Å². The van der Waals surface area contributed by atoms with Crippen molar-refractivity contribution in [3.05, 3.63) is 53.3 Å². The Bertz CT molecular complexity index is 814. The first kappa shape index (κ1) is 19.2. The van der Waals surface area contributed by atoms with Crippen LogP contribution < -0.4 is 19.5 Å². The van der Waals surface area contributed by atoms with Crippen LogP contribution in [0.2, 0.25) is 0 Å². The number of hydrogen-bond donors (Lipinski definition) is 1. The Hall–Kier alpha value is -2.54. The van der Waals surface area contributed by atoms with Crippen molar-refractivity contribution in [2.75, 3.05) is 34.4 Å². The van der Waals surface area contributed by atoms with Crippen LogP contribution in [0.15, 0.2) is 36.4 Å². The van der Waals surface area contributed by atoms with E-state index in [1.54, 1.807) is 26.4 Å². The van der Waals surface area contributed by atoms with Crippen molar-refractivity contribution in [1.29, 1.82) is 0 Å². The fourth-order valence-corrected chi connectivity index (χ4v) is 3.52. The molecule has 144 valence electrons. The van der Waals surface area contributed by atoms with Gasteiger partial charge in [-0.1, -0.05) is 0 Å². The van der Waals surface area contributed by atoms with Crippen LogP contribution in [-0.4, -0.2) is 44.4 Å². The van der Waals surface area contributed by atoms with E-state index in [1.807, 2.05) is 19.2 Å². The fraction of sp³-hybridized carbons (Fsp3) is 0.350. The van der Waals surface area contributed by atoms with Crippen LogP contribution in [0.4, 0.5) is 4.39 Å². The van der Waals surface area contributed by atoms with Gasteiger partial charge >= 0.3 is 0 Å². The maximum atomic E-state index is 13.1. The maximum Gasteiger partial charge on any atom is 0.169 e. The van der Waals surface area contributed by atoms with Gasteiger partial charge in [-0.3, -0.25) is 0 Å². The molecule has 2 aromatic rings. The fourth-order valence-electron chi connectivity index (χ4n) is 3.30. The first-order chi connectivity index (χ1) is 13.1. The number of ether oxygens (including phenoxy) is 3. The molecule has 0 bridgehead atoms. The quantitative estimate of drug-likeness (QED) is 0.790. The van der Waals surface area contributed by atoms with E-state index in [-0.39, 0.29) is 11.9 Å². The second-order valence-electron chi connectivity index (χ2n) is 6.19. The highest BCUT2D eigenvalue weighted by Gasteiger charge is 2.31. The lowest BCUT2D eigenvalue weighted by Crippen LogP contribution is -2.46. The highest BCUT2D eigenvalue weighted by atomic mass is 32.1. The predicted octanol–water partition coefficient (Wildman–Crippen LogP) is 3.33. The Balaban J connectivity index is 1.93. The van der Waals surface area contributed by atoms with E-state index < -0.39 is 0 Å². The molecule has 0 saturated carbocycles. The van der Waals surface area contributed by atoms with E-state index in [0.29, 0.717) is 29.0 Å². The Morgan fingerprint density at radius 2 is 1.85 bits per heavy atom. The number of thiocarbonyl (C=S) groups is 1. The summed E-state index contributed by atoms with van der Waals surface area (Å²) >= 11 is 5.49. The summed E-state index contributed by atoms with van der Waals surface area (Å²) in [6.45, 7) is 1.13. The van der Waals surface area contributed by atoms with Gasteiger partial charge in [0.2, 0.25) is 0 Å². The molecule has 1 heterocycles. The molecular weight excluding hydrogens is 367 g/mol. The van der Waals surface area contributed by atoms with Gasteiger partial charge in [-0.15, -0.1) is 0 Å². The molecule has 7 heteroatoms. The molecule has 0 radical (unpaired) electrons. The minimum Gasteiger partial charge on any atom is -0.493 e. The lowest BCUT2D eigenvalue weighted by molar-refractivity contribution is 0.187. The molecular formula is C20H23FN2O3S. The van der Waals surface area contributed by atoms with E-state index in [4.69, 9.17) is 26.4 Å². The van der Waals surface area contributed by atoms with Crippen LogP contribution in [0.25, 0.3) is 0 Å². The number of hydrogen-bond acceptors (Lipinski definition) is 4. The van der Waals surface area contributed by atoms with Crippen molar-refractivity contribution in [3.63, 3.8) is 0 Å². The van der Waals surface area contributed by atoms with Gasteiger partial charge in [-0.05, 0) is 66.2 Å². The zero-order valence-corrected chi connectivity index (χ0v) is 16.4. The second kappa shape index (κ2) is 8.43. The average molecular weight is 390 g/mol. The van der Waals surface area contributed by atoms with Crippen molar-refractivity contribution in [1.82, 2.24) is 10.2 Å². The highest BCUT2D eigenvalue weighted by molar-refractivity contribution is 7.80. The molecule has 1 N–H and O–H groups in total. The SMILES string of the molecule is CNC(=S)N1CCc2cc(OC)c(OC)cc2[C@@H]1COc1ccc(F)cc1. The van der Waals surface area contributed by atoms with Crippen LogP contribution in [0.1, 0.15) is 17.2 Å². The molecule has 27 heavy (non-hydrogen) atoms. The summed E-state index contributed by atoms with van der Waals surface area (Å²) in [6, 6.07) is 9.90. The molecule has 1 aliphatic rings. The molecule has 0 spiro atoms. The first-order valence-electron chi connectivity index (χ1n) is 8.69. The Morgan fingerprint density at radius 1 is 1.19 bits per heavy atom. The lowest BCUT2D eigenvalue weighted by atomic mass is 9.92. The minimum absolute atomic E-state index is 0.0986. The second-order valence-corrected chi connectivity index (χ2v) is 6.57. The van der Waals surface area contributed by atoms with Crippen molar-refractivity contribution < 1.29 is 18.6 Å². The van der Waals surface area contributed by atoms with Gasteiger partial charge in [-0.25, -0.2) is 4.39 Å². The summed E-state index contributed by atoms with van der Waals surface area (Å²) in [7, 11) is 5.06. The number of methoxy groups -OCH3 is 2. The Kier molecular flexibility index (Phi) is 6.01.